The summed E-state index contributed by atoms with van der Waals surface area (Å²) >= 11 is 1.44. The van der Waals surface area contributed by atoms with Crippen LogP contribution in [0.2, 0.25) is 0 Å². The van der Waals surface area contributed by atoms with E-state index < -0.39 is 0 Å². The van der Waals surface area contributed by atoms with Gasteiger partial charge in [-0.2, -0.15) is 5.26 Å². The second-order valence-electron chi connectivity index (χ2n) is 6.96. The van der Waals surface area contributed by atoms with E-state index in [-0.39, 0.29) is 11.3 Å². The Morgan fingerprint density at radius 3 is 2.39 bits per heavy atom. The number of thiazole rings is 1. The number of nitrogens with zero attached hydrogens (tertiary/aromatic N) is 4. The van der Waals surface area contributed by atoms with Crippen LogP contribution in [0, 0.1) is 11.3 Å². The lowest BCUT2D eigenvalue weighted by Gasteiger charge is -2.34. The van der Waals surface area contributed by atoms with Crippen molar-refractivity contribution in [2.24, 2.45) is 0 Å². The summed E-state index contributed by atoms with van der Waals surface area (Å²) in [5, 5.41) is 20.8. The second kappa shape index (κ2) is 8.53. The number of aromatic nitrogens is 1. The number of aliphatic hydroxyl groups is 1. The largest absolute Gasteiger partial charge is 0.509 e. The average Bonchev–Trinajstić information content (AvgIpc) is 3.14. The fraction of sp³-hybridized carbons (Fsp3) is 0.273. The molecule has 1 saturated heterocycles. The van der Waals surface area contributed by atoms with E-state index >= 15 is 0 Å². The van der Waals surface area contributed by atoms with Crippen molar-refractivity contribution in [3.8, 4) is 6.07 Å². The monoisotopic (exact) mass is 390 g/mol. The minimum Gasteiger partial charge on any atom is -0.509 e. The molecular weight excluding hydrogens is 368 g/mol. The van der Waals surface area contributed by atoms with Crippen molar-refractivity contribution in [2.75, 3.05) is 32.7 Å². The molecule has 2 aromatic carbocycles. The molecule has 6 heteroatoms. The lowest BCUT2D eigenvalue weighted by molar-refractivity contribution is 0.125. The van der Waals surface area contributed by atoms with E-state index in [1.54, 1.807) is 0 Å². The summed E-state index contributed by atoms with van der Waals surface area (Å²) in [6.45, 7) is 4.98. The molecule has 0 spiro atoms. The number of nitriles is 1. The van der Waals surface area contributed by atoms with E-state index in [4.69, 9.17) is 0 Å². The standard InChI is InChI=1S/C22H22N4OS/c23-14-18(22-24-19-8-4-5-9-21(19)28-22)20(27)16-26-12-10-25(11-13-26)15-17-6-2-1-3-7-17/h1-9,27H,10-13,15-16H2/b20-18-. The molecule has 28 heavy (non-hydrogen) atoms. The van der Waals surface area contributed by atoms with Crippen LogP contribution in [0.5, 0.6) is 0 Å². The Morgan fingerprint density at radius 1 is 1.00 bits per heavy atom. The number of para-hydroxylation sites is 1. The van der Waals surface area contributed by atoms with Crippen LogP contribution in [0.1, 0.15) is 10.6 Å². The van der Waals surface area contributed by atoms with Crippen molar-refractivity contribution in [1.82, 2.24) is 14.8 Å². The third kappa shape index (κ3) is 4.23. The highest BCUT2D eigenvalue weighted by molar-refractivity contribution is 7.19. The van der Waals surface area contributed by atoms with Gasteiger partial charge in [0.2, 0.25) is 0 Å². The van der Waals surface area contributed by atoms with Crippen LogP contribution in [0.25, 0.3) is 15.8 Å². The Bertz CT molecular complexity index is 981. The molecule has 3 aromatic rings. The number of rotatable bonds is 5. The highest BCUT2D eigenvalue weighted by atomic mass is 32.1. The van der Waals surface area contributed by atoms with E-state index in [1.165, 1.54) is 16.9 Å². The molecule has 0 amide bonds. The molecular formula is C22H22N4OS. The smallest absolute Gasteiger partial charge is 0.138 e. The molecule has 5 nitrogen and oxygen atoms in total. The van der Waals surface area contributed by atoms with Crippen molar-refractivity contribution in [1.29, 1.82) is 5.26 Å². The molecule has 4 rings (SSSR count). The van der Waals surface area contributed by atoms with Gasteiger partial charge in [0.15, 0.2) is 0 Å². The molecule has 0 unspecified atom stereocenters. The van der Waals surface area contributed by atoms with E-state index in [0.717, 1.165) is 42.9 Å². The molecule has 0 atom stereocenters. The van der Waals surface area contributed by atoms with Gasteiger partial charge in [-0.15, -0.1) is 11.3 Å². The molecule has 0 bridgehead atoms. The third-order valence-corrected chi connectivity index (χ3v) is 6.05. The van der Waals surface area contributed by atoms with Crippen LogP contribution in [0.3, 0.4) is 0 Å². The van der Waals surface area contributed by atoms with E-state index in [1.807, 2.05) is 30.3 Å². The van der Waals surface area contributed by atoms with Crippen molar-refractivity contribution in [3.05, 3.63) is 70.9 Å². The van der Waals surface area contributed by atoms with Crippen LogP contribution < -0.4 is 0 Å². The van der Waals surface area contributed by atoms with Gasteiger partial charge in [0, 0.05) is 32.7 Å². The van der Waals surface area contributed by atoms with E-state index in [2.05, 4.69) is 45.1 Å². The molecule has 1 N–H and O–H groups in total. The molecule has 2 heterocycles. The quantitative estimate of drug-likeness (QED) is 0.529. The number of benzene rings is 2. The summed E-state index contributed by atoms with van der Waals surface area (Å²) in [5.74, 6) is 0.109. The molecule has 1 fully saturated rings. The topological polar surface area (TPSA) is 63.4 Å². The van der Waals surface area contributed by atoms with Gasteiger partial charge in [0.1, 0.15) is 22.4 Å². The lowest BCUT2D eigenvalue weighted by atomic mass is 10.2. The summed E-state index contributed by atoms with van der Waals surface area (Å²) in [7, 11) is 0. The molecule has 142 valence electrons. The van der Waals surface area contributed by atoms with E-state index in [9.17, 15) is 10.4 Å². The Labute approximate surface area is 168 Å². The minimum absolute atomic E-state index is 0.109. The fourth-order valence-corrected chi connectivity index (χ4v) is 4.44. The van der Waals surface area contributed by atoms with Gasteiger partial charge in [-0.05, 0) is 17.7 Å². The molecule has 0 aliphatic carbocycles. The first-order valence-corrected chi connectivity index (χ1v) is 10.2. The molecule has 0 saturated carbocycles. The van der Waals surface area contributed by atoms with Crippen molar-refractivity contribution in [3.63, 3.8) is 0 Å². The zero-order valence-electron chi connectivity index (χ0n) is 15.6. The summed E-state index contributed by atoms with van der Waals surface area (Å²) in [6, 6.07) is 20.4. The zero-order chi connectivity index (χ0) is 19.3. The first-order chi connectivity index (χ1) is 13.7. The normalized spacial score (nSPS) is 16.7. The maximum absolute atomic E-state index is 10.6. The Hall–Kier alpha value is -2.72. The van der Waals surface area contributed by atoms with Crippen LogP contribution in [0.4, 0.5) is 0 Å². The maximum atomic E-state index is 10.6. The van der Waals surface area contributed by atoms with Crippen LogP contribution in [-0.2, 0) is 6.54 Å². The summed E-state index contributed by atoms with van der Waals surface area (Å²) in [4.78, 5) is 9.13. The molecule has 1 aliphatic rings. The van der Waals surface area contributed by atoms with Gasteiger partial charge in [-0.1, -0.05) is 42.5 Å². The number of hydrogen-bond donors (Lipinski definition) is 1. The minimum atomic E-state index is 0.109. The Kier molecular flexibility index (Phi) is 5.68. The van der Waals surface area contributed by atoms with Gasteiger partial charge in [0.25, 0.3) is 0 Å². The SMILES string of the molecule is N#C/C(=C(/O)CN1CCN(Cc2ccccc2)CC1)c1nc2ccccc2s1. The summed E-state index contributed by atoms with van der Waals surface area (Å²) in [5.41, 5.74) is 2.46. The first-order valence-electron chi connectivity index (χ1n) is 9.40. The van der Waals surface area contributed by atoms with Gasteiger partial charge in [-0.3, -0.25) is 9.80 Å². The number of fused-ring (bicyclic) bond motifs is 1. The predicted octanol–water partition coefficient (Wildman–Crippen LogP) is 3.91. The van der Waals surface area contributed by atoms with Crippen LogP contribution in [-0.4, -0.2) is 52.6 Å². The Balaban J connectivity index is 1.40. The van der Waals surface area contributed by atoms with Crippen LogP contribution in [0.15, 0.2) is 60.4 Å². The number of allylic oxidation sites excluding steroid dienone is 1. The zero-order valence-corrected chi connectivity index (χ0v) is 16.4. The molecule has 1 aromatic heterocycles. The maximum Gasteiger partial charge on any atom is 0.138 e. The van der Waals surface area contributed by atoms with Gasteiger partial charge >= 0.3 is 0 Å². The summed E-state index contributed by atoms with van der Waals surface area (Å²) in [6.07, 6.45) is 0. The lowest BCUT2D eigenvalue weighted by Crippen LogP contribution is -2.46. The highest BCUT2D eigenvalue weighted by Gasteiger charge is 2.20. The number of hydrogen-bond acceptors (Lipinski definition) is 6. The van der Waals surface area contributed by atoms with E-state index in [0.29, 0.717) is 11.6 Å². The van der Waals surface area contributed by atoms with Gasteiger partial charge < -0.3 is 5.11 Å². The second-order valence-corrected chi connectivity index (χ2v) is 7.99. The van der Waals surface area contributed by atoms with Gasteiger partial charge in [0.05, 0.1) is 16.8 Å². The molecule has 0 radical (unpaired) electrons. The number of aliphatic hydroxyl groups excluding tert-OH is 1. The van der Waals surface area contributed by atoms with Crippen LogP contribution >= 0.6 is 11.3 Å². The Morgan fingerprint density at radius 2 is 1.68 bits per heavy atom. The summed E-state index contributed by atoms with van der Waals surface area (Å²) < 4.78 is 1.02. The highest BCUT2D eigenvalue weighted by Crippen LogP contribution is 2.28. The predicted molar refractivity (Wildman–Crippen MR) is 113 cm³/mol. The number of piperazine rings is 1. The first kappa shape index (κ1) is 18.6. The van der Waals surface area contributed by atoms with Crippen molar-refractivity contribution < 1.29 is 5.11 Å². The fourth-order valence-electron chi connectivity index (χ4n) is 3.45. The van der Waals surface area contributed by atoms with Crippen molar-refractivity contribution in [2.45, 2.75) is 6.54 Å². The van der Waals surface area contributed by atoms with Crippen molar-refractivity contribution >= 4 is 27.1 Å². The van der Waals surface area contributed by atoms with Gasteiger partial charge in [-0.25, -0.2) is 4.98 Å². The third-order valence-electron chi connectivity index (χ3n) is 5.00. The molecule has 1 aliphatic heterocycles. The average molecular weight is 391 g/mol.